The maximum absolute atomic E-state index is 11.5. The summed E-state index contributed by atoms with van der Waals surface area (Å²) in [4.78, 5) is 33.2. The number of amides is 1. The van der Waals surface area contributed by atoms with Crippen LogP contribution in [0.15, 0.2) is 0 Å². The lowest BCUT2D eigenvalue weighted by atomic mass is 10.2. The molecule has 1 rings (SSSR count). The molecule has 0 bridgehead atoms. The predicted octanol–water partition coefficient (Wildman–Crippen LogP) is -0.828. The molecule has 1 amide bonds. The number of carbonyl (C=O) groups excluding carboxylic acids is 3. The van der Waals surface area contributed by atoms with Crippen molar-refractivity contribution >= 4 is 17.7 Å². The van der Waals surface area contributed by atoms with Crippen LogP contribution >= 0.6 is 0 Å². The third-order valence-corrected chi connectivity index (χ3v) is 3.96. The summed E-state index contributed by atoms with van der Waals surface area (Å²) in [6, 6.07) is 0.395. The van der Waals surface area contributed by atoms with Gasteiger partial charge in [0.05, 0.1) is 33.8 Å². The van der Waals surface area contributed by atoms with Crippen LogP contribution in [0.4, 0.5) is 0 Å². The van der Waals surface area contributed by atoms with Crippen molar-refractivity contribution in [2.24, 2.45) is 0 Å². The Morgan fingerprint density at radius 1 is 1.30 bits per heavy atom. The number of rotatable bonds is 8. The minimum Gasteiger partial charge on any atom is -0.550 e. The largest absolute Gasteiger partial charge is 0.550 e. The highest BCUT2D eigenvalue weighted by molar-refractivity contribution is 5.79. The number of nitrogens with zero attached hydrogens (tertiary/aromatic N) is 2. The fraction of sp³-hybridized carbons (Fsp3) is 0.812. The average Bonchev–Trinajstić information content (AvgIpc) is 2.74. The first kappa shape index (κ1) is 21.5. The van der Waals surface area contributed by atoms with Crippen LogP contribution in [0.1, 0.15) is 39.5 Å². The Labute approximate surface area is 138 Å². The van der Waals surface area contributed by atoms with E-state index in [0.29, 0.717) is 12.5 Å². The van der Waals surface area contributed by atoms with Crippen molar-refractivity contribution < 1.29 is 29.1 Å². The molecule has 0 aromatic carbocycles. The van der Waals surface area contributed by atoms with Gasteiger partial charge < -0.3 is 29.2 Å². The standard InChI is InChI=1S/C11H23N2O2.C5H8O3/c1-10-4-5-11(15)12(10)6-7-13(2,3)8-9-14;1-4(6)2-3-5(7)8/h10,14H,4-9H2,1-3H3;2-3H2,1H3,(H,7,8)/q+1;/p-1. The molecule has 1 fully saturated rings. The van der Waals surface area contributed by atoms with Gasteiger partial charge in [-0.1, -0.05) is 0 Å². The molecule has 0 aromatic heterocycles. The number of aliphatic hydroxyl groups excluding tert-OH is 1. The van der Waals surface area contributed by atoms with Crippen LogP contribution in [0.3, 0.4) is 0 Å². The highest BCUT2D eigenvalue weighted by Crippen LogP contribution is 2.17. The van der Waals surface area contributed by atoms with E-state index >= 15 is 0 Å². The third kappa shape index (κ3) is 10.0. The Balaban J connectivity index is 0.000000515. The van der Waals surface area contributed by atoms with Gasteiger partial charge in [0.2, 0.25) is 5.91 Å². The van der Waals surface area contributed by atoms with Gasteiger partial charge in [-0.25, -0.2) is 0 Å². The van der Waals surface area contributed by atoms with Crippen LogP contribution in [0.5, 0.6) is 0 Å². The summed E-state index contributed by atoms with van der Waals surface area (Å²) in [7, 11) is 4.17. The van der Waals surface area contributed by atoms with Crippen LogP contribution in [-0.2, 0) is 14.4 Å². The zero-order valence-electron chi connectivity index (χ0n) is 14.7. The number of carboxylic acid groups (broad SMARTS) is 1. The van der Waals surface area contributed by atoms with Crippen LogP contribution in [-0.4, -0.2) is 78.5 Å². The number of quaternary nitrogens is 1. The van der Waals surface area contributed by atoms with Crippen molar-refractivity contribution in [3.8, 4) is 0 Å². The van der Waals surface area contributed by atoms with E-state index in [2.05, 4.69) is 21.0 Å². The molecule has 1 N–H and O–H groups in total. The van der Waals surface area contributed by atoms with E-state index < -0.39 is 5.97 Å². The number of hydrogen-bond donors (Lipinski definition) is 1. The SMILES string of the molecule is CC(=O)CCC(=O)[O-].CC1CCC(=O)N1CC[N+](C)(C)CCO. The molecular weight excluding hydrogens is 300 g/mol. The van der Waals surface area contributed by atoms with Crippen molar-refractivity contribution in [1.29, 1.82) is 0 Å². The van der Waals surface area contributed by atoms with Crippen LogP contribution in [0.25, 0.3) is 0 Å². The predicted molar refractivity (Wildman–Crippen MR) is 84.3 cm³/mol. The molecule has 0 aliphatic carbocycles. The summed E-state index contributed by atoms with van der Waals surface area (Å²) in [5.41, 5.74) is 0. The summed E-state index contributed by atoms with van der Waals surface area (Å²) >= 11 is 0. The number of likely N-dealkylation sites (N-methyl/N-ethyl adjacent to an activating group) is 1. The van der Waals surface area contributed by atoms with Gasteiger partial charge in [0, 0.05) is 24.9 Å². The van der Waals surface area contributed by atoms with Gasteiger partial charge >= 0.3 is 0 Å². The molecule has 7 heteroatoms. The molecule has 0 saturated carbocycles. The van der Waals surface area contributed by atoms with E-state index in [-0.39, 0.29) is 31.1 Å². The lowest BCUT2D eigenvalue weighted by Crippen LogP contribution is -2.48. The zero-order chi connectivity index (χ0) is 18.0. The molecule has 0 spiro atoms. The molecule has 134 valence electrons. The van der Waals surface area contributed by atoms with E-state index in [0.717, 1.165) is 30.5 Å². The molecule has 1 atom stereocenters. The molecule has 1 unspecified atom stereocenters. The maximum Gasteiger partial charge on any atom is 0.223 e. The molecule has 1 saturated heterocycles. The minimum absolute atomic E-state index is 0.0856. The first-order chi connectivity index (χ1) is 10.6. The number of hydrogen-bond acceptors (Lipinski definition) is 5. The summed E-state index contributed by atoms with van der Waals surface area (Å²) in [5.74, 6) is -0.999. The normalized spacial score (nSPS) is 17.7. The second-order valence-corrected chi connectivity index (χ2v) is 6.66. The fourth-order valence-electron chi connectivity index (χ4n) is 2.26. The topological polar surface area (TPSA) is 97.7 Å². The van der Waals surface area contributed by atoms with Crippen molar-refractivity contribution in [3.63, 3.8) is 0 Å². The number of aliphatic carboxylic acids is 1. The Kier molecular flexibility index (Phi) is 9.67. The van der Waals surface area contributed by atoms with Crippen molar-refractivity contribution in [3.05, 3.63) is 0 Å². The molecule has 0 radical (unpaired) electrons. The fourth-order valence-corrected chi connectivity index (χ4v) is 2.26. The van der Waals surface area contributed by atoms with E-state index in [1.807, 2.05) is 4.90 Å². The van der Waals surface area contributed by atoms with Crippen molar-refractivity contribution in [1.82, 2.24) is 4.90 Å². The maximum atomic E-state index is 11.5. The van der Waals surface area contributed by atoms with Gasteiger partial charge in [-0.2, -0.15) is 0 Å². The lowest BCUT2D eigenvalue weighted by molar-refractivity contribution is -0.890. The van der Waals surface area contributed by atoms with Crippen molar-refractivity contribution in [2.45, 2.75) is 45.6 Å². The first-order valence-electron chi connectivity index (χ1n) is 8.00. The Morgan fingerprint density at radius 2 is 1.91 bits per heavy atom. The molecule has 1 aliphatic heterocycles. The van der Waals surface area contributed by atoms with Gasteiger partial charge in [-0.05, 0) is 26.7 Å². The number of likely N-dealkylation sites (tertiary alicyclic amines) is 1. The number of carbonyl (C=O) groups is 3. The number of Topliss-reactive ketones (excluding diaryl/α,β-unsaturated/α-hetero) is 1. The van der Waals surface area contributed by atoms with E-state index in [9.17, 15) is 19.5 Å². The second-order valence-electron chi connectivity index (χ2n) is 6.66. The lowest BCUT2D eigenvalue weighted by Gasteiger charge is -2.32. The first-order valence-corrected chi connectivity index (χ1v) is 8.00. The van der Waals surface area contributed by atoms with Gasteiger partial charge in [0.1, 0.15) is 12.3 Å². The molecule has 1 aliphatic rings. The monoisotopic (exact) mass is 330 g/mol. The van der Waals surface area contributed by atoms with Crippen LogP contribution in [0.2, 0.25) is 0 Å². The molecule has 7 nitrogen and oxygen atoms in total. The molecule has 0 aromatic rings. The number of aliphatic hydroxyl groups is 1. The molecular formula is C16H30N2O5. The Bertz CT molecular complexity index is 395. The smallest absolute Gasteiger partial charge is 0.223 e. The van der Waals surface area contributed by atoms with E-state index in [4.69, 9.17) is 5.11 Å². The zero-order valence-corrected chi connectivity index (χ0v) is 14.7. The van der Waals surface area contributed by atoms with E-state index in [1.54, 1.807) is 0 Å². The average molecular weight is 330 g/mol. The summed E-state index contributed by atoms with van der Waals surface area (Å²) in [6.07, 6.45) is 1.62. The summed E-state index contributed by atoms with van der Waals surface area (Å²) < 4.78 is 0.771. The van der Waals surface area contributed by atoms with Gasteiger partial charge in [-0.15, -0.1) is 0 Å². The number of carboxylic acids is 1. The Hall–Kier alpha value is -1.47. The Morgan fingerprint density at radius 3 is 2.26 bits per heavy atom. The third-order valence-electron chi connectivity index (χ3n) is 3.96. The van der Waals surface area contributed by atoms with Crippen LogP contribution in [0, 0.1) is 0 Å². The molecule has 1 heterocycles. The van der Waals surface area contributed by atoms with Gasteiger partial charge in [0.25, 0.3) is 0 Å². The quantitative estimate of drug-likeness (QED) is 0.586. The second kappa shape index (κ2) is 10.3. The highest BCUT2D eigenvalue weighted by Gasteiger charge is 2.28. The highest BCUT2D eigenvalue weighted by atomic mass is 16.4. The van der Waals surface area contributed by atoms with Gasteiger partial charge in [-0.3, -0.25) is 4.79 Å². The van der Waals surface area contributed by atoms with Crippen LogP contribution < -0.4 is 5.11 Å². The summed E-state index contributed by atoms with van der Waals surface area (Å²) in [5, 5.41) is 18.5. The minimum atomic E-state index is -1.17. The number of ketones is 1. The van der Waals surface area contributed by atoms with E-state index in [1.165, 1.54) is 6.92 Å². The molecule has 23 heavy (non-hydrogen) atoms. The van der Waals surface area contributed by atoms with Crippen molar-refractivity contribution in [2.75, 3.05) is 40.3 Å². The summed E-state index contributed by atoms with van der Waals surface area (Å²) in [6.45, 7) is 6.14. The van der Waals surface area contributed by atoms with Gasteiger partial charge in [0.15, 0.2) is 0 Å².